The van der Waals surface area contributed by atoms with Gasteiger partial charge in [-0.1, -0.05) is 6.07 Å². The van der Waals surface area contributed by atoms with E-state index in [1.807, 2.05) is 0 Å². The number of nitrogens with one attached hydrogen (secondary N) is 2. The van der Waals surface area contributed by atoms with Crippen LogP contribution < -0.4 is 15.4 Å². The molecule has 2 atom stereocenters. The van der Waals surface area contributed by atoms with E-state index in [1.165, 1.54) is 25.3 Å². The molecule has 1 aromatic rings. The molecule has 1 heterocycles. The van der Waals surface area contributed by atoms with Crippen LogP contribution in [0.1, 0.15) is 16.8 Å². The molecule has 20 heavy (non-hydrogen) atoms. The second kappa shape index (κ2) is 6.67. The van der Waals surface area contributed by atoms with E-state index in [0.29, 0.717) is 13.1 Å². The summed E-state index contributed by atoms with van der Waals surface area (Å²) >= 11 is 0. The molecule has 5 nitrogen and oxygen atoms in total. The molecule has 2 rings (SSSR count). The predicted octanol–water partition coefficient (Wildman–Crippen LogP) is 0.534. The number of rotatable bonds is 4. The first-order valence-corrected chi connectivity index (χ1v) is 6.63. The number of aliphatic hydroxyl groups is 1. The summed E-state index contributed by atoms with van der Waals surface area (Å²) in [7, 11) is 1.33. The summed E-state index contributed by atoms with van der Waals surface area (Å²) in [6.07, 6.45) is 0.320. The molecule has 110 valence electrons. The molecular weight excluding hydrogens is 263 g/mol. The van der Waals surface area contributed by atoms with Gasteiger partial charge in [0.1, 0.15) is 0 Å². The second-order valence-electron chi connectivity index (χ2n) is 4.85. The van der Waals surface area contributed by atoms with Crippen molar-refractivity contribution in [1.29, 1.82) is 0 Å². The number of carbonyl (C=O) groups is 1. The molecule has 1 saturated heterocycles. The van der Waals surface area contributed by atoms with Crippen LogP contribution in [0.2, 0.25) is 0 Å². The molecule has 0 radical (unpaired) electrons. The Morgan fingerprint density at radius 3 is 3.10 bits per heavy atom. The van der Waals surface area contributed by atoms with Gasteiger partial charge in [-0.05, 0) is 25.1 Å². The summed E-state index contributed by atoms with van der Waals surface area (Å²) in [5.41, 5.74) is 0.163. The molecule has 3 N–H and O–H groups in total. The van der Waals surface area contributed by atoms with Crippen LogP contribution in [0.15, 0.2) is 18.2 Å². The lowest BCUT2D eigenvalue weighted by Crippen LogP contribution is -2.45. The van der Waals surface area contributed by atoms with E-state index in [9.17, 15) is 14.3 Å². The van der Waals surface area contributed by atoms with E-state index < -0.39 is 17.8 Å². The van der Waals surface area contributed by atoms with E-state index in [4.69, 9.17) is 4.74 Å². The molecular formula is C14H19FN2O3. The number of methoxy groups -OCH3 is 1. The molecule has 1 aliphatic rings. The van der Waals surface area contributed by atoms with Crippen LogP contribution >= 0.6 is 0 Å². The topological polar surface area (TPSA) is 70.6 Å². The number of β-amino-alcohol motifs (C(OH)–C–C–N with tert-alkyl or cyclic N) is 1. The zero-order valence-corrected chi connectivity index (χ0v) is 11.4. The number of carbonyl (C=O) groups excluding carboxylic acids is 1. The lowest BCUT2D eigenvalue weighted by atomic mass is 9.95. The molecule has 1 amide bonds. The quantitative estimate of drug-likeness (QED) is 0.753. The third-order valence-corrected chi connectivity index (χ3v) is 3.53. The molecule has 0 spiro atoms. The first kappa shape index (κ1) is 14.7. The third kappa shape index (κ3) is 3.26. The normalized spacial score (nSPS) is 22.4. The summed E-state index contributed by atoms with van der Waals surface area (Å²) in [6, 6.07) is 4.22. The minimum Gasteiger partial charge on any atom is -0.493 e. The largest absolute Gasteiger partial charge is 0.493 e. The van der Waals surface area contributed by atoms with Crippen LogP contribution in [0.3, 0.4) is 0 Å². The highest BCUT2D eigenvalue weighted by molar-refractivity contribution is 5.96. The van der Waals surface area contributed by atoms with Crippen LogP contribution in [0.4, 0.5) is 4.39 Å². The molecule has 1 aliphatic heterocycles. The summed E-state index contributed by atoms with van der Waals surface area (Å²) in [4.78, 5) is 12.1. The van der Waals surface area contributed by atoms with Crippen molar-refractivity contribution in [3.8, 4) is 5.75 Å². The van der Waals surface area contributed by atoms with E-state index >= 15 is 0 Å². The van der Waals surface area contributed by atoms with E-state index in [2.05, 4.69) is 10.6 Å². The Balaban J connectivity index is 2.00. The number of ether oxygens (including phenoxy) is 1. The van der Waals surface area contributed by atoms with Gasteiger partial charge in [0.05, 0.1) is 18.8 Å². The average Bonchev–Trinajstić information content (AvgIpc) is 2.46. The van der Waals surface area contributed by atoms with Gasteiger partial charge in [-0.25, -0.2) is 4.39 Å². The Kier molecular flexibility index (Phi) is 4.92. The number of hydrogen-bond donors (Lipinski definition) is 3. The molecule has 1 aromatic carbocycles. The van der Waals surface area contributed by atoms with Crippen molar-refractivity contribution in [3.63, 3.8) is 0 Å². The number of piperidine rings is 1. The van der Waals surface area contributed by atoms with Gasteiger partial charge < -0.3 is 20.5 Å². The number of hydrogen-bond acceptors (Lipinski definition) is 4. The SMILES string of the molecule is COc1c(F)cccc1C(=O)NC[C@@H]1CCNC[C@H]1O. The highest BCUT2D eigenvalue weighted by atomic mass is 19.1. The Bertz CT molecular complexity index is 481. The van der Waals surface area contributed by atoms with Gasteiger partial charge in [0, 0.05) is 19.0 Å². The van der Waals surface area contributed by atoms with Gasteiger partial charge in [0.25, 0.3) is 5.91 Å². The summed E-state index contributed by atoms with van der Waals surface area (Å²) < 4.78 is 18.4. The van der Waals surface area contributed by atoms with Crippen molar-refractivity contribution in [2.24, 2.45) is 5.92 Å². The van der Waals surface area contributed by atoms with Crippen LogP contribution in [-0.2, 0) is 0 Å². The molecule has 1 fully saturated rings. The van der Waals surface area contributed by atoms with Crippen molar-refractivity contribution < 1.29 is 19.0 Å². The van der Waals surface area contributed by atoms with Gasteiger partial charge in [0.15, 0.2) is 11.6 Å². The fourth-order valence-corrected chi connectivity index (χ4v) is 2.35. The highest BCUT2D eigenvalue weighted by Gasteiger charge is 2.24. The van der Waals surface area contributed by atoms with Crippen molar-refractivity contribution in [2.45, 2.75) is 12.5 Å². The fourth-order valence-electron chi connectivity index (χ4n) is 2.35. The molecule has 0 aliphatic carbocycles. The Labute approximate surface area is 117 Å². The van der Waals surface area contributed by atoms with Crippen molar-refractivity contribution in [3.05, 3.63) is 29.6 Å². The monoisotopic (exact) mass is 282 g/mol. The van der Waals surface area contributed by atoms with E-state index in [0.717, 1.165) is 13.0 Å². The zero-order valence-electron chi connectivity index (χ0n) is 11.4. The molecule has 0 bridgehead atoms. The summed E-state index contributed by atoms with van der Waals surface area (Å²) in [6.45, 7) is 1.71. The molecule has 0 unspecified atom stereocenters. The maximum atomic E-state index is 13.5. The van der Waals surface area contributed by atoms with Gasteiger partial charge >= 0.3 is 0 Å². The van der Waals surface area contributed by atoms with Gasteiger partial charge in [-0.2, -0.15) is 0 Å². The van der Waals surface area contributed by atoms with Crippen LogP contribution in [-0.4, -0.2) is 43.9 Å². The lowest BCUT2D eigenvalue weighted by molar-refractivity contribution is 0.0752. The smallest absolute Gasteiger partial charge is 0.255 e. The summed E-state index contributed by atoms with van der Waals surface area (Å²) in [5.74, 6) is -1.01. The number of amides is 1. The van der Waals surface area contributed by atoms with E-state index in [1.54, 1.807) is 0 Å². The average molecular weight is 282 g/mol. The van der Waals surface area contributed by atoms with Crippen molar-refractivity contribution in [2.75, 3.05) is 26.7 Å². The predicted molar refractivity (Wildman–Crippen MR) is 72.3 cm³/mol. The zero-order chi connectivity index (χ0) is 14.5. The minimum atomic E-state index is -0.568. The number of halogens is 1. The van der Waals surface area contributed by atoms with Gasteiger partial charge in [0.2, 0.25) is 0 Å². The molecule has 0 saturated carbocycles. The summed E-state index contributed by atoms with van der Waals surface area (Å²) in [5, 5.41) is 15.6. The standard InChI is InChI=1S/C14H19FN2O3/c1-20-13-10(3-2-4-11(13)15)14(19)17-7-9-5-6-16-8-12(9)18/h2-4,9,12,16,18H,5-8H2,1H3,(H,17,19)/t9-,12+/m0/s1. The molecule has 0 aromatic heterocycles. The maximum Gasteiger partial charge on any atom is 0.255 e. The van der Waals surface area contributed by atoms with Crippen molar-refractivity contribution >= 4 is 5.91 Å². The number of aliphatic hydroxyl groups excluding tert-OH is 1. The Hall–Kier alpha value is -1.66. The Morgan fingerprint density at radius 2 is 2.40 bits per heavy atom. The van der Waals surface area contributed by atoms with Gasteiger partial charge in [-0.3, -0.25) is 4.79 Å². The first-order chi connectivity index (χ1) is 9.63. The first-order valence-electron chi connectivity index (χ1n) is 6.63. The van der Waals surface area contributed by atoms with Crippen LogP contribution in [0, 0.1) is 11.7 Å². The number of benzene rings is 1. The highest BCUT2D eigenvalue weighted by Crippen LogP contribution is 2.22. The third-order valence-electron chi connectivity index (χ3n) is 3.53. The van der Waals surface area contributed by atoms with Crippen LogP contribution in [0.25, 0.3) is 0 Å². The van der Waals surface area contributed by atoms with Crippen LogP contribution in [0.5, 0.6) is 5.75 Å². The maximum absolute atomic E-state index is 13.5. The van der Waals surface area contributed by atoms with Crippen molar-refractivity contribution in [1.82, 2.24) is 10.6 Å². The second-order valence-corrected chi connectivity index (χ2v) is 4.85. The number of para-hydroxylation sites is 1. The van der Waals surface area contributed by atoms with E-state index in [-0.39, 0.29) is 17.2 Å². The van der Waals surface area contributed by atoms with Gasteiger partial charge in [-0.15, -0.1) is 0 Å². The minimum absolute atomic E-state index is 0.0137. The lowest BCUT2D eigenvalue weighted by Gasteiger charge is -2.28. The fraction of sp³-hybridized carbons (Fsp3) is 0.500. The molecule has 6 heteroatoms. The Morgan fingerprint density at radius 1 is 1.60 bits per heavy atom.